The van der Waals surface area contributed by atoms with Crippen molar-refractivity contribution in [3.05, 3.63) is 71.3 Å². The minimum atomic E-state index is -2.21. The number of hydrogen-bond donors (Lipinski definition) is 0. The van der Waals surface area contributed by atoms with Crippen LogP contribution in [0.25, 0.3) is 65.4 Å². The maximum absolute atomic E-state index is 16.0. The normalized spacial score (nSPS) is 12.2. The van der Waals surface area contributed by atoms with Crippen molar-refractivity contribution >= 4 is 65.4 Å². The molecule has 7 aromatic rings. The second-order valence-electron chi connectivity index (χ2n) is 8.07. The molecule has 4 aromatic carbocycles. The predicted octanol–water partition coefficient (Wildman–Crippen LogP) is 5.81. The number of benzene rings is 4. The summed E-state index contributed by atoms with van der Waals surface area (Å²) in [5.74, 6) is -10.7. The van der Waals surface area contributed by atoms with E-state index in [4.69, 9.17) is 0 Å². The highest BCUT2D eigenvalue weighted by Crippen LogP contribution is 2.42. The highest BCUT2D eigenvalue weighted by atomic mass is 19.2. The Morgan fingerprint density at radius 1 is 0.500 bits per heavy atom. The van der Waals surface area contributed by atoms with E-state index in [0.29, 0.717) is 5.39 Å². The molecule has 0 radical (unpaired) electrons. The maximum atomic E-state index is 16.0. The molecule has 3 aromatic heterocycles. The third kappa shape index (κ3) is 2.47. The smallest absolute Gasteiger partial charge is 0.204 e. The molecule has 0 saturated heterocycles. The van der Waals surface area contributed by atoms with Crippen LogP contribution in [-0.4, -0.2) is 30.6 Å². The van der Waals surface area contributed by atoms with E-state index in [1.165, 1.54) is 12.1 Å². The fourth-order valence-electron chi connectivity index (χ4n) is 4.64. The molecule has 3 heterocycles. The first-order chi connectivity index (χ1) is 17.4. The van der Waals surface area contributed by atoms with Gasteiger partial charge in [-0.05, 0) is 33.3 Å². The standard InChI is InChI=1S/C24H6F6N6/c25-15-8-4-2-1-3-7(8)5-9-10-6-11-24(34-36-35-33-11)32-21(10)23-13(12(9)15)16(26)14-17(27)18(28)19(29)20(30)22(14)31-23/h1-6H. The molecular weight excluding hydrogens is 486 g/mol. The van der Waals surface area contributed by atoms with Gasteiger partial charge in [0.15, 0.2) is 23.3 Å². The molecule has 0 spiro atoms. The van der Waals surface area contributed by atoms with Crippen LogP contribution in [0.3, 0.4) is 0 Å². The van der Waals surface area contributed by atoms with E-state index in [-0.39, 0.29) is 38.2 Å². The number of pyridine rings is 2. The average molecular weight is 492 g/mol. The molecule has 7 rings (SSSR count). The lowest BCUT2D eigenvalue weighted by Crippen LogP contribution is -2.04. The Morgan fingerprint density at radius 2 is 1.25 bits per heavy atom. The zero-order chi connectivity index (χ0) is 24.9. The molecule has 6 nitrogen and oxygen atoms in total. The summed E-state index contributed by atoms with van der Waals surface area (Å²) in [6.07, 6.45) is 0. The molecule has 0 aliphatic carbocycles. The van der Waals surface area contributed by atoms with E-state index in [2.05, 4.69) is 30.6 Å². The van der Waals surface area contributed by atoms with Crippen LogP contribution in [-0.2, 0) is 0 Å². The Bertz CT molecular complexity index is 2130. The van der Waals surface area contributed by atoms with Gasteiger partial charge in [-0.1, -0.05) is 24.3 Å². The Kier molecular flexibility index (Phi) is 3.95. The first-order valence-corrected chi connectivity index (χ1v) is 10.3. The zero-order valence-corrected chi connectivity index (χ0v) is 17.4. The van der Waals surface area contributed by atoms with Gasteiger partial charge < -0.3 is 0 Å². The third-order valence-electron chi connectivity index (χ3n) is 6.21. The van der Waals surface area contributed by atoms with Crippen LogP contribution in [0.2, 0.25) is 0 Å². The molecule has 0 unspecified atom stereocenters. The van der Waals surface area contributed by atoms with E-state index in [1.54, 1.807) is 24.3 Å². The number of aromatic nitrogens is 6. The molecule has 36 heavy (non-hydrogen) atoms. The van der Waals surface area contributed by atoms with Crippen molar-refractivity contribution in [3.8, 4) is 0 Å². The monoisotopic (exact) mass is 492 g/mol. The third-order valence-corrected chi connectivity index (χ3v) is 6.21. The number of hydrogen-bond acceptors (Lipinski definition) is 6. The number of nitrogens with zero attached hydrogens (tertiary/aromatic N) is 6. The number of fused-ring (bicyclic) bond motifs is 9. The largest absolute Gasteiger partial charge is 0.242 e. The summed E-state index contributed by atoms with van der Waals surface area (Å²) >= 11 is 0. The molecule has 174 valence electrons. The molecule has 0 bridgehead atoms. The summed E-state index contributed by atoms with van der Waals surface area (Å²) in [4.78, 5) is 8.23. The van der Waals surface area contributed by atoms with Crippen LogP contribution in [0.1, 0.15) is 0 Å². The molecular formula is C24H6F6N6. The molecule has 0 atom stereocenters. The quantitative estimate of drug-likeness (QED) is 0.0875. The predicted molar refractivity (Wildman–Crippen MR) is 118 cm³/mol. The summed E-state index contributed by atoms with van der Waals surface area (Å²) in [5, 5.41) is 13.2. The van der Waals surface area contributed by atoms with E-state index in [9.17, 15) is 17.6 Å². The lowest BCUT2D eigenvalue weighted by atomic mass is 9.94. The van der Waals surface area contributed by atoms with Crippen LogP contribution in [0, 0.1) is 34.9 Å². The first-order valence-electron chi connectivity index (χ1n) is 10.3. The Balaban J connectivity index is 1.88. The fourth-order valence-corrected chi connectivity index (χ4v) is 4.64. The van der Waals surface area contributed by atoms with Gasteiger partial charge in [0, 0.05) is 21.5 Å². The molecule has 0 amide bonds. The summed E-state index contributed by atoms with van der Waals surface area (Å²) in [6, 6.07) is 9.35. The second-order valence-corrected chi connectivity index (χ2v) is 8.07. The molecule has 0 saturated carbocycles. The number of rotatable bonds is 0. The number of halogens is 6. The van der Waals surface area contributed by atoms with Crippen LogP contribution < -0.4 is 0 Å². The van der Waals surface area contributed by atoms with Gasteiger partial charge in [0.1, 0.15) is 28.2 Å². The van der Waals surface area contributed by atoms with E-state index < -0.39 is 56.7 Å². The molecule has 0 aliphatic heterocycles. The first kappa shape index (κ1) is 20.6. The van der Waals surface area contributed by atoms with Crippen LogP contribution >= 0.6 is 0 Å². The van der Waals surface area contributed by atoms with Gasteiger partial charge in [-0.15, -0.1) is 10.2 Å². The summed E-state index contributed by atoms with van der Waals surface area (Å²) < 4.78 is 89.4. The Hall–Kier alpha value is -4.74. The molecule has 12 heteroatoms. The van der Waals surface area contributed by atoms with Crippen molar-refractivity contribution in [2.24, 2.45) is 0 Å². The zero-order valence-electron chi connectivity index (χ0n) is 17.4. The molecule has 0 fully saturated rings. The molecule has 0 N–H and O–H groups in total. The van der Waals surface area contributed by atoms with Crippen LogP contribution in [0.15, 0.2) is 36.4 Å². The Morgan fingerprint density at radius 3 is 2.08 bits per heavy atom. The second kappa shape index (κ2) is 6.90. The highest BCUT2D eigenvalue weighted by molar-refractivity contribution is 6.27. The van der Waals surface area contributed by atoms with Crippen LogP contribution in [0.5, 0.6) is 0 Å². The summed E-state index contributed by atoms with van der Waals surface area (Å²) in [5.41, 5.74) is -1.50. The van der Waals surface area contributed by atoms with Crippen molar-refractivity contribution in [1.82, 2.24) is 30.6 Å². The van der Waals surface area contributed by atoms with Crippen molar-refractivity contribution in [1.29, 1.82) is 0 Å². The lowest BCUT2D eigenvalue weighted by molar-refractivity contribution is 0.415. The average Bonchev–Trinajstić information content (AvgIpc) is 2.89. The van der Waals surface area contributed by atoms with E-state index in [0.717, 1.165) is 0 Å². The van der Waals surface area contributed by atoms with E-state index >= 15 is 8.78 Å². The van der Waals surface area contributed by atoms with Gasteiger partial charge in [0.05, 0.1) is 10.9 Å². The van der Waals surface area contributed by atoms with Gasteiger partial charge in [-0.25, -0.2) is 36.3 Å². The van der Waals surface area contributed by atoms with Crippen molar-refractivity contribution in [3.63, 3.8) is 0 Å². The van der Waals surface area contributed by atoms with Crippen molar-refractivity contribution in [2.75, 3.05) is 0 Å². The topological polar surface area (TPSA) is 77.3 Å². The highest BCUT2D eigenvalue weighted by Gasteiger charge is 2.28. The summed E-state index contributed by atoms with van der Waals surface area (Å²) in [6.45, 7) is 0. The lowest BCUT2D eigenvalue weighted by Gasteiger charge is -2.15. The van der Waals surface area contributed by atoms with Gasteiger partial charge >= 0.3 is 0 Å². The minimum absolute atomic E-state index is 0.0429. The van der Waals surface area contributed by atoms with Gasteiger partial charge in [-0.2, -0.15) is 0 Å². The summed E-state index contributed by atoms with van der Waals surface area (Å²) in [7, 11) is 0. The fraction of sp³-hybridized carbons (Fsp3) is 0. The van der Waals surface area contributed by atoms with Crippen molar-refractivity contribution in [2.45, 2.75) is 0 Å². The Labute approximate surface area is 194 Å². The minimum Gasteiger partial charge on any atom is -0.242 e. The maximum Gasteiger partial charge on any atom is 0.204 e. The molecule has 0 aliphatic rings. The SMILES string of the molecule is Fc1c(F)c(F)c2c(F)c3c(nc2c1F)c1nc2nnnnc2cc1c1cc2ccccc2c(F)c13. The van der Waals surface area contributed by atoms with E-state index in [1.807, 2.05) is 0 Å². The van der Waals surface area contributed by atoms with Gasteiger partial charge in [-0.3, -0.25) is 0 Å². The van der Waals surface area contributed by atoms with Crippen LogP contribution in [0.4, 0.5) is 26.3 Å². The van der Waals surface area contributed by atoms with Crippen molar-refractivity contribution < 1.29 is 26.3 Å². The van der Waals surface area contributed by atoms with Gasteiger partial charge in [0.2, 0.25) is 5.65 Å². The van der Waals surface area contributed by atoms with Gasteiger partial charge in [0.25, 0.3) is 0 Å².